The van der Waals surface area contributed by atoms with Crippen LogP contribution in [0.5, 0.6) is 0 Å². The Morgan fingerprint density at radius 1 is 1.15 bits per heavy atom. The maximum Gasteiger partial charge on any atom is 0.211 e. The average Bonchev–Trinajstić information content (AvgIpc) is 3.03. The summed E-state index contributed by atoms with van der Waals surface area (Å²) in [6, 6.07) is 6.57. The number of halogens is 1. The van der Waals surface area contributed by atoms with Gasteiger partial charge in [0.1, 0.15) is 11.6 Å². The quantitative estimate of drug-likeness (QED) is 0.801. The second-order valence-corrected chi connectivity index (χ2v) is 9.23. The molecule has 0 saturated carbocycles. The standard InChI is InChI=1S/C18H23FN4O2S/c1-21-10-11-23-16(14-4-3-5-15(19)12-14)13-20-17(23)18(21)6-8-22(9-7-18)26(2,24)25/h3-5,12-13H,6-11H2,1-2H3. The number of aromatic nitrogens is 2. The van der Waals surface area contributed by atoms with Gasteiger partial charge in [0.25, 0.3) is 0 Å². The second-order valence-electron chi connectivity index (χ2n) is 7.24. The number of piperidine rings is 1. The third-order valence-corrected chi connectivity index (χ3v) is 7.10. The number of imidazole rings is 1. The Hall–Kier alpha value is -1.77. The first-order valence-electron chi connectivity index (χ1n) is 8.80. The first-order valence-corrected chi connectivity index (χ1v) is 10.6. The van der Waals surface area contributed by atoms with Gasteiger partial charge in [-0.15, -0.1) is 0 Å². The number of rotatable bonds is 2. The smallest absolute Gasteiger partial charge is 0.211 e. The number of sulfonamides is 1. The Morgan fingerprint density at radius 3 is 2.54 bits per heavy atom. The lowest BCUT2D eigenvalue weighted by atomic mass is 9.84. The number of benzene rings is 1. The van der Waals surface area contributed by atoms with Crippen LogP contribution in [-0.4, -0.2) is 60.1 Å². The van der Waals surface area contributed by atoms with E-state index in [0.29, 0.717) is 25.9 Å². The van der Waals surface area contributed by atoms with E-state index in [1.807, 2.05) is 12.3 Å². The molecule has 3 heterocycles. The third-order valence-electron chi connectivity index (χ3n) is 5.80. The van der Waals surface area contributed by atoms with E-state index in [-0.39, 0.29) is 11.4 Å². The molecule has 0 bridgehead atoms. The molecule has 0 radical (unpaired) electrons. The van der Waals surface area contributed by atoms with Gasteiger partial charge in [0.05, 0.1) is 23.7 Å². The van der Waals surface area contributed by atoms with Crippen molar-refractivity contribution in [3.63, 3.8) is 0 Å². The molecule has 0 amide bonds. The fourth-order valence-corrected chi connectivity index (χ4v) is 5.13. The molecule has 4 rings (SSSR count). The predicted octanol–water partition coefficient (Wildman–Crippen LogP) is 1.89. The summed E-state index contributed by atoms with van der Waals surface area (Å²) in [4.78, 5) is 7.00. The maximum atomic E-state index is 13.7. The van der Waals surface area contributed by atoms with Gasteiger partial charge >= 0.3 is 0 Å². The van der Waals surface area contributed by atoms with E-state index < -0.39 is 10.0 Å². The summed E-state index contributed by atoms with van der Waals surface area (Å²) >= 11 is 0. The highest BCUT2D eigenvalue weighted by Gasteiger charge is 2.46. The number of fused-ring (bicyclic) bond motifs is 2. The van der Waals surface area contributed by atoms with Crippen molar-refractivity contribution in [3.8, 4) is 11.3 Å². The summed E-state index contributed by atoms with van der Waals surface area (Å²) in [5.41, 5.74) is 1.46. The molecule has 140 valence electrons. The van der Waals surface area contributed by atoms with Gasteiger partial charge in [0, 0.05) is 31.7 Å². The van der Waals surface area contributed by atoms with Gasteiger partial charge in [-0.05, 0) is 32.0 Å². The third kappa shape index (κ3) is 2.76. The monoisotopic (exact) mass is 378 g/mol. The summed E-state index contributed by atoms with van der Waals surface area (Å²) in [6.45, 7) is 2.62. The number of hydrogen-bond acceptors (Lipinski definition) is 4. The zero-order valence-electron chi connectivity index (χ0n) is 15.0. The molecule has 1 saturated heterocycles. The van der Waals surface area contributed by atoms with Crippen molar-refractivity contribution < 1.29 is 12.8 Å². The van der Waals surface area contributed by atoms with Gasteiger partial charge in [0.15, 0.2) is 0 Å². The number of nitrogens with zero attached hydrogens (tertiary/aromatic N) is 4. The summed E-state index contributed by atoms with van der Waals surface area (Å²) in [7, 11) is -1.09. The molecule has 0 atom stereocenters. The summed E-state index contributed by atoms with van der Waals surface area (Å²) in [5.74, 6) is 0.695. The normalized spacial score (nSPS) is 21.0. The van der Waals surface area contributed by atoms with E-state index in [1.165, 1.54) is 18.4 Å². The van der Waals surface area contributed by atoms with Crippen LogP contribution < -0.4 is 0 Å². The van der Waals surface area contributed by atoms with Gasteiger partial charge in [-0.2, -0.15) is 0 Å². The van der Waals surface area contributed by atoms with Crippen molar-refractivity contribution in [3.05, 3.63) is 42.1 Å². The van der Waals surface area contributed by atoms with E-state index in [0.717, 1.165) is 30.2 Å². The van der Waals surface area contributed by atoms with Gasteiger partial charge < -0.3 is 4.57 Å². The van der Waals surface area contributed by atoms with E-state index in [1.54, 1.807) is 10.4 Å². The van der Waals surface area contributed by atoms with E-state index in [2.05, 4.69) is 16.5 Å². The SMILES string of the molecule is CN1CCn2c(-c3cccc(F)c3)cnc2C12CCN(S(C)(=O)=O)CC2. The Labute approximate surface area is 153 Å². The lowest BCUT2D eigenvalue weighted by Gasteiger charge is -2.49. The minimum absolute atomic E-state index is 0.262. The van der Waals surface area contributed by atoms with Crippen molar-refractivity contribution in [2.24, 2.45) is 0 Å². The first kappa shape index (κ1) is 17.6. The van der Waals surface area contributed by atoms with Crippen molar-refractivity contribution in [2.75, 3.05) is 32.9 Å². The molecular formula is C18H23FN4O2S. The maximum absolute atomic E-state index is 13.7. The molecule has 1 spiro atoms. The molecule has 1 fully saturated rings. The van der Waals surface area contributed by atoms with Crippen molar-refractivity contribution in [1.29, 1.82) is 0 Å². The summed E-state index contributed by atoms with van der Waals surface area (Å²) in [6.07, 6.45) is 4.49. The van der Waals surface area contributed by atoms with E-state index >= 15 is 0 Å². The first-order chi connectivity index (χ1) is 12.3. The van der Waals surface area contributed by atoms with Gasteiger partial charge in [-0.1, -0.05) is 12.1 Å². The highest BCUT2D eigenvalue weighted by molar-refractivity contribution is 7.88. The molecular weight excluding hydrogens is 355 g/mol. The van der Waals surface area contributed by atoms with Crippen molar-refractivity contribution >= 4 is 10.0 Å². The highest BCUT2D eigenvalue weighted by atomic mass is 32.2. The van der Waals surface area contributed by atoms with Crippen LogP contribution in [0.4, 0.5) is 4.39 Å². The molecule has 2 aromatic rings. The molecule has 0 unspecified atom stereocenters. The Bertz CT molecular complexity index is 932. The lowest BCUT2D eigenvalue weighted by Crippen LogP contribution is -2.56. The van der Waals surface area contributed by atoms with Crippen LogP contribution in [0.3, 0.4) is 0 Å². The molecule has 26 heavy (non-hydrogen) atoms. The van der Waals surface area contributed by atoms with E-state index in [4.69, 9.17) is 4.98 Å². The van der Waals surface area contributed by atoms with Crippen LogP contribution in [-0.2, 0) is 22.1 Å². The van der Waals surface area contributed by atoms with Crippen LogP contribution in [0.25, 0.3) is 11.3 Å². The Balaban J connectivity index is 1.72. The fraction of sp³-hybridized carbons (Fsp3) is 0.500. The van der Waals surface area contributed by atoms with Crippen molar-refractivity contribution in [2.45, 2.75) is 24.9 Å². The summed E-state index contributed by atoms with van der Waals surface area (Å²) < 4.78 is 41.1. The molecule has 0 aliphatic carbocycles. The largest absolute Gasteiger partial charge is 0.325 e. The molecule has 2 aliphatic heterocycles. The Kier molecular flexibility index (Phi) is 4.17. The van der Waals surface area contributed by atoms with Crippen LogP contribution >= 0.6 is 0 Å². The zero-order valence-corrected chi connectivity index (χ0v) is 15.8. The molecule has 8 heteroatoms. The van der Waals surface area contributed by atoms with Gasteiger partial charge in [-0.3, -0.25) is 4.90 Å². The fourth-order valence-electron chi connectivity index (χ4n) is 4.28. The van der Waals surface area contributed by atoms with E-state index in [9.17, 15) is 12.8 Å². The number of hydrogen-bond donors (Lipinski definition) is 0. The van der Waals surface area contributed by atoms with Crippen LogP contribution in [0.1, 0.15) is 18.7 Å². The molecule has 2 aliphatic rings. The predicted molar refractivity (Wildman–Crippen MR) is 97.6 cm³/mol. The lowest BCUT2D eigenvalue weighted by molar-refractivity contribution is 0.0276. The summed E-state index contributed by atoms with van der Waals surface area (Å²) in [5, 5.41) is 0. The topological polar surface area (TPSA) is 58.4 Å². The Morgan fingerprint density at radius 2 is 1.88 bits per heavy atom. The van der Waals surface area contributed by atoms with Gasteiger partial charge in [-0.25, -0.2) is 22.1 Å². The molecule has 1 aromatic carbocycles. The molecule has 6 nitrogen and oxygen atoms in total. The average molecular weight is 378 g/mol. The zero-order chi connectivity index (χ0) is 18.5. The van der Waals surface area contributed by atoms with Crippen LogP contribution in [0.15, 0.2) is 30.5 Å². The minimum Gasteiger partial charge on any atom is -0.325 e. The minimum atomic E-state index is -3.17. The number of likely N-dealkylation sites (N-methyl/N-ethyl adjacent to an activating group) is 1. The van der Waals surface area contributed by atoms with Crippen molar-refractivity contribution in [1.82, 2.24) is 18.8 Å². The molecule has 0 N–H and O–H groups in total. The van der Waals surface area contributed by atoms with Crippen LogP contribution in [0, 0.1) is 5.82 Å². The van der Waals surface area contributed by atoms with Crippen LogP contribution in [0.2, 0.25) is 0 Å². The molecule has 1 aromatic heterocycles. The van der Waals surface area contributed by atoms with Gasteiger partial charge in [0.2, 0.25) is 10.0 Å². The second kappa shape index (κ2) is 6.14. The highest BCUT2D eigenvalue weighted by Crippen LogP contribution is 2.41.